The van der Waals surface area contributed by atoms with Crippen molar-refractivity contribution in [2.75, 3.05) is 10.7 Å². The van der Waals surface area contributed by atoms with E-state index in [1.807, 2.05) is 0 Å². The SMILES string of the molecule is O=C1CSC(c2c(F)cccc2F)N1c1cccc(C(F)(F)F)c1. The number of hydrogen-bond acceptors (Lipinski definition) is 2. The van der Waals surface area contributed by atoms with Crippen LogP contribution in [-0.2, 0) is 11.0 Å². The topological polar surface area (TPSA) is 20.3 Å². The van der Waals surface area contributed by atoms with Gasteiger partial charge in [-0.25, -0.2) is 8.78 Å². The lowest BCUT2D eigenvalue weighted by atomic mass is 10.1. The van der Waals surface area contributed by atoms with Crippen molar-refractivity contribution < 1.29 is 26.7 Å². The number of rotatable bonds is 2. The molecule has 3 rings (SSSR count). The maximum Gasteiger partial charge on any atom is 0.416 e. The molecule has 0 spiro atoms. The highest BCUT2D eigenvalue weighted by atomic mass is 32.2. The fraction of sp³-hybridized carbons (Fsp3) is 0.188. The normalized spacial score (nSPS) is 18.3. The minimum absolute atomic E-state index is 0.0486. The summed E-state index contributed by atoms with van der Waals surface area (Å²) in [6, 6.07) is 7.42. The molecule has 1 amide bonds. The number of thioether (sulfide) groups is 1. The largest absolute Gasteiger partial charge is 0.416 e. The lowest BCUT2D eigenvalue weighted by Crippen LogP contribution is -2.29. The van der Waals surface area contributed by atoms with Crippen LogP contribution < -0.4 is 4.90 Å². The fourth-order valence-corrected chi connectivity index (χ4v) is 3.72. The molecule has 0 bridgehead atoms. The summed E-state index contributed by atoms with van der Waals surface area (Å²) < 4.78 is 66.6. The summed E-state index contributed by atoms with van der Waals surface area (Å²) in [6.45, 7) is 0. The zero-order chi connectivity index (χ0) is 17.5. The maximum absolute atomic E-state index is 14.0. The van der Waals surface area contributed by atoms with Crippen LogP contribution in [0.3, 0.4) is 0 Å². The van der Waals surface area contributed by atoms with Crippen molar-refractivity contribution in [1.82, 2.24) is 0 Å². The number of carbonyl (C=O) groups is 1. The molecule has 1 aliphatic rings. The van der Waals surface area contributed by atoms with E-state index in [1.165, 1.54) is 12.1 Å². The molecule has 126 valence electrons. The smallest absolute Gasteiger partial charge is 0.295 e. The number of alkyl halides is 3. The van der Waals surface area contributed by atoms with E-state index in [0.29, 0.717) is 0 Å². The second-order valence-corrected chi connectivity index (χ2v) is 6.18. The van der Waals surface area contributed by atoms with Crippen LogP contribution in [0.15, 0.2) is 42.5 Å². The van der Waals surface area contributed by atoms with Crippen LogP contribution in [0.25, 0.3) is 0 Å². The van der Waals surface area contributed by atoms with Crippen molar-refractivity contribution in [2.24, 2.45) is 0 Å². The van der Waals surface area contributed by atoms with Crippen LogP contribution in [0, 0.1) is 11.6 Å². The van der Waals surface area contributed by atoms with E-state index in [0.717, 1.165) is 47.0 Å². The molecule has 2 nitrogen and oxygen atoms in total. The van der Waals surface area contributed by atoms with E-state index < -0.39 is 34.7 Å². The van der Waals surface area contributed by atoms with Crippen LogP contribution in [0.2, 0.25) is 0 Å². The Morgan fingerprint density at radius 1 is 1.04 bits per heavy atom. The van der Waals surface area contributed by atoms with Crippen LogP contribution in [0.1, 0.15) is 16.5 Å². The van der Waals surface area contributed by atoms with Crippen molar-refractivity contribution in [3.8, 4) is 0 Å². The molecule has 24 heavy (non-hydrogen) atoms. The lowest BCUT2D eigenvalue weighted by molar-refractivity contribution is -0.137. The Labute approximate surface area is 138 Å². The quantitative estimate of drug-likeness (QED) is 0.721. The summed E-state index contributed by atoms with van der Waals surface area (Å²) in [4.78, 5) is 13.1. The number of benzene rings is 2. The average Bonchev–Trinajstić information content (AvgIpc) is 2.88. The predicted octanol–water partition coefficient (Wildman–Crippen LogP) is 4.76. The third kappa shape index (κ3) is 2.98. The first-order valence-electron chi connectivity index (χ1n) is 6.84. The monoisotopic (exact) mass is 359 g/mol. The zero-order valence-corrected chi connectivity index (χ0v) is 12.8. The molecule has 0 radical (unpaired) electrons. The van der Waals surface area contributed by atoms with Gasteiger partial charge in [0.05, 0.1) is 16.9 Å². The molecular formula is C16H10F5NOS. The van der Waals surface area contributed by atoms with Crippen LogP contribution >= 0.6 is 11.8 Å². The van der Waals surface area contributed by atoms with Gasteiger partial charge in [-0.1, -0.05) is 12.1 Å². The zero-order valence-electron chi connectivity index (χ0n) is 12.0. The van der Waals surface area contributed by atoms with Crippen molar-refractivity contribution in [2.45, 2.75) is 11.6 Å². The first-order chi connectivity index (χ1) is 11.3. The summed E-state index contributed by atoms with van der Waals surface area (Å²) in [5.74, 6) is -2.28. The van der Waals surface area contributed by atoms with Gasteiger partial charge in [0.2, 0.25) is 5.91 Å². The Morgan fingerprint density at radius 2 is 1.67 bits per heavy atom. The van der Waals surface area contributed by atoms with Crippen molar-refractivity contribution in [3.05, 3.63) is 65.2 Å². The maximum atomic E-state index is 14.0. The molecule has 0 aromatic heterocycles. The number of hydrogen-bond donors (Lipinski definition) is 0. The number of amides is 1. The predicted molar refractivity (Wildman–Crippen MR) is 80.5 cm³/mol. The lowest BCUT2D eigenvalue weighted by Gasteiger charge is -2.25. The Bertz CT molecular complexity index is 772. The van der Waals surface area contributed by atoms with Gasteiger partial charge in [-0.3, -0.25) is 9.69 Å². The fourth-order valence-electron chi connectivity index (χ4n) is 2.50. The average molecular weight is 359 g/mol. The molecule has 2 aromatic carbocycles. The highest BCUT2D eigenvalue weighted by Gasteiger charge is 2.38. The standard InChI is InChI=1S/C16H10F5NOS/c17-11-5-2-6-12(18)14(11)15-22(13(23)8-24-15)10-4-1-3-9(7-10)16(19,20)21/h1-7,15H,8H2. The second kappa shape index (κ2) is 6.08. The summed E-state index contributed by atoms with van der Waals surface area (Å²) in [5.41, 5.74) is -1.32. The van der Waals surface area contributed by atoms with Crippen molar-refractivity contribution in [3.63, 3.8) is 0 Å². The van der Waals surface area contributed by atoms with E-state index in [4.69, 9.17) is 0 Å². The van der Waals surface area contributed by atoms with Gasteiger partial charge in [-0.2, -0.15) is 13.2 Å². The highest BCUT2D eigenvalue weighted by Crippen LogP contribution is 2.44. The molecule has 1 saturated heterocycles. The first kappa shape index (κ1) is 16.8. The van der Waals surface area contributed by atoms with Crippen LogP contribution in [-0.4, -0.2) is 11.7 Å². The number of nitrogens with zero attached hydrogens (tertiary/aromatic N) is 1. The van der Waals surface area contributed by atoms with Gasteiger partial charge < -0.3 is 0 Å². The van der Waals surface area contributed by atoms with Gasteiger partial charge in [-0.05, 0) is 30.3 Å². The van der Waals surface area contributed by atoms with Gasteiger partial charge in [0.15, 0.2) is 0 Å². The van der Waals surface area contributed by atoms with E-state index in [-0.39, 0.29) is 17.0 Å². The second-order valence-electron chi connectivity index (χ2n) is 5.11. The molecule has 1 aliphatic heterocycles. The molecule has 8 heteroatoms. The summed E-state index contributed by atoms with van der Waals surface area (Å²) >= 11 is 0.963. The Hall–Kier alpha value is -2.09. The van der Waals surface area contributed by atoms with E-state index >= 15 is 0 Å². The Kier molecular flexibility index (Phi) is 4.25. The summed E-state index contributed by atoms with van der Waals surface area (Å²) in [7, 11) is 0. The van der Waals surface area contributed by atoms with Crippen molar-refractivity contribution >= 4 is 23.4 Å². The summed E-state index contributed by atoms with van der Waals surface area (Å²) in [6.07, 6.45) is -4.58. The summed E-state index contributed by atoms with van der Waals surface area (Å²) in [5, 5.41) is -1.05. The molecular weight excluding hydrogens is 349 g/mol. The molecule has 1 unspecified atom stereocenters. The molecule has 0 N–H and O–H groups in total. The molecule has 2 aromatic rings. The third-order valence-corrected chi connectivity index (χ3v) is 4.74. The van der Waals surface area contributed by atoms with Crippen LogP contribution in [0.5, 0.6) is 0 Å². The third-order valence-electron chi connectivity index (χ3n) is 3.57. The first-order valence-corrected chi connectivity index (χ1v) is 7.89. The van der Waals surface area contributed by atoms with Crippen molar-refractivity contribution in [1.29, 1.82) is 0 Å². The highest BCUT2D eigenvalue weighted by molar-refractivity contribution is 8.00. The van der Waals surface area contributed by atoms with Crippen LogP contribution in [0.4, 0.5) is 27.6 Å². The molecule has 0 aliphatic carbocycles. The number of anilines is 1. The van der Waals surface area contributed by atoms with Gasteiger partial charge in [0, 0.05) is 5.69 Å². The van der Waals surface area contributed by atoms with Gasteiger partial charge in [0.1, 0.15) is 17.0 Å². The number of carbonyl (C=O) groups excluding carboxylic acids is 1. The van der Waals surface area contributed by atoms with E-state index in [1.54, 1.807) is 0 Å². The molecule has 1 atom stereocenters. The number of halogens is 5. The van der Waals surface area contributed by atoms with E-state index in [2.05, 4.69) is 0 Å². The minimum Gasteiger partial charge on any atom is -0.295 e. The van der Waals surface area contributed by atoms with E-state index in [9.17, 15) is 26.7 Å². The molecule has 1 heterocycles. The minimum atomic E-state index is -4.58. The van der Waals surface area contributed by atoms with Gasteiger partial charge in [0.25, 0.3) is 0 Å². The molecule has 0 saturated carbocycles. The van der Waals surface area contributed by atoms with Gasteiger partial charge in [-0.15, -0.1) is 11.8 Å². The molecule has 1 fully saturated rings. The van der Waals surface area contributed by atoms with Gasteiger partial charge >= 0.3 is 6.18 Å². The Morgan fingerprint density at radius 3 is 2.29 bits per heavy atom. The Balaban J connectivity index is 2.07.